The molecule has 0 aliphatic carbocycles. The molecule has 2 fully saturated rings. The van der Waals surface area contributed by atoms with E-state index < -0.39 is 0 Å². The minimum Gasteiger partial charge on any atom is -0.488 e. The summed E-state index contributed by atoms with van der Waals surface area (Å²) in [6.45, 7) is 1.56. The van der Waals surface area contributed by atoms with Crippen LogP contribution in [0.1, 0.15) is 16.9 Å². The second-order valence-corrected chi connectivity index (χ2v) is 7.49. The Morgan fingerprint density at radius 1 is 1.26 bits per heavy atom. The average Bonchev–Trinajstić information content (AvgIpc) is 2.99. The molecule has 118 valence electrons. The molecule has 0 aromatic carbocycles. The molecule has 4 rings (SSSR count). The molecule has 2 aromatic rings. The van der Waals surface area contributed by atoms with Crippen LogP contribution in [0.4, 0.5) is 0 Å². The fourth-order valence-electron chi connectivity index (χ4n) is 3.15. The first-order chi connectivity index (χ1) is 11.2. The van der Waals surface area contributed by atoms with Gasteiger partial charge in [-0.05, 0) is 24.3 Å². The molecule has 2 aromatic heterocycles. The van der Waals surface area contributed by atoms with E-state index >= 15 is 0 Å². The third-order valence-corrected chi connectivity index (χ3v) is 5.82. The van der Waals surface area contributed by atoms with Gasteiger partial charge in [-0.15, -0.1) is 11.8 Å². The van der Waals surface area contributed by atoms with Gasteiger partial charge < -0.3 is 9.64 Å². The molecular weight excluding hydrogens is 310 g/mol. The monoisotopic (exact) mass is 327 g/mol. The number of amides is 1. The normalized spacial score (nSPS) is 21.9. The Balaban J connectivity index is 1.34. The number of hydrogen-bond donors (Lipinski definition) is 0. The number of rotatable bonds is 3. The predicted octanol–water partition coefficient (Wildman–Crippen LogP) is 2.26. The zero-order valence-corrected chi connectivity index (χ0v) is 13.4. The topological polar surface area (TPSA) is 55.3 Å². The Bertz CT molecular complexity index is 689. The van der Waals surface area contributed by atoms with Crippen LogP contribution in [0.2, 0.25) is 0 Å². The Labute approximate surface area is 139 Å². The van der Waals surface area contributed by atoms with Gasteiger partial charge in [-0.1, -0.05) is 6.07 Å². The van der Waals surface area contributed by atoms with Crippen molar-refractivity contribution in [1.29, 1.82) is 0 Å². The van der Waals surface area contributed by atoms with E-state index in [1.807, 2.05) is 40.9 Å². The first kappa shape index (κ1) is 14.5. The van der Waals surface area contributed by atoms with Crippen molar-refractivity contribution in [2.75, 3.05) is 18.8 Å². The van der Waals surface area contributed by atoms with E-state index in [0.29, 0.717) is 5.69 Å². The molecule has 1 amide bonds. The summed E-state index contributed by atoms with van der Waals surface area (Å²) in [5, 5.41) is 0. The minimum absolute atomic E-state index is 0.0217. The molecule has 1 atom stereocenters. The molecule has 0 N–H and O–H groups in total. The summed E-state index contributed by atoms with van der Waals surface area (Å²) < 4.78 is 6.14. The van der Waals surface area contributed by atoms with Crippen molar-refractivity contribution in [3.63, 3.8) is 0 Å². The van der Waals surface area contributed by atoms with Gasteiger partial charge in [0.2, 0.25) is 0 Å². The highest BCUT2D eigenvalue weighted by Gasteiger charge is 2.51. The average molecular weight is 327 g/mol. The molecule has 0 unspecified atom stereocenters. The highest BCUT2D eigenvalue weighted by molar-refractivity contribution is 8.01. The van der Waals surface area contributed by atoms with E-state index in [0.717, 1.165) is 31.0 Å². The Hall–Kier alpha value is -2.08. The van der Waals surface area contributed by atoms with E-state index in [2.05, 4.69) is 9.97 Å². The van der Waals surface area contributed by atoms with Crippen LogP contribution >= 0.6 is 11.8 Å². The molecule has 6 heteroatoms. The number of pyridine rings is 2. The van der Waals surface area contributed by atoms with E-state index in [1.54, 1.807) is 24.7 Å². The van der Waals surface area contributed by atoms with Crippen LogP contribution in [0.25, 0.3) is 0 Å². The maximum Gasteiger partial charge on any atom is 0.272 e. The first-order valence-electron chi connectivity index (χ1n) is 7.65. The van der Waals surface area contributed by atoms with Crippen molar-refractivity contribution in [3.8, 4) is 5.75 Å². The highest BCUT2D eigenvalue weighted by atomic mass is 32.2. The van der Waals surface area contributed by atoms with Crippen molar-refractivity contribution in [2.45, 2.75) is 17.3 Å². The lowest BCUT2D eigenvalue weighted by Gasteiger charge is -2.47. The van der Waals surface area contributed by atoms with Gasteiger partial charge in [0.1, 0.15) is 17.5 Å². The van der Waals surface area contributed by atoms with Crippen molar-refractivity contribution < 1.29 is 9.53 Å². The first-order valence-corrected chi connectivity index (χ1v) is 8.64. The molecule has 4 heterocycles. The molecule has 0 radical (unpaired) electrons. The largest absolute Gasteiger partial charge is 0.488 e. The van der Waals surface area contributed by atoms with E-state index in [9.17, 15) is 4.79 Å². The fraction of sp³-hybridized carbons (Fsp3) is 0.353. The van der Waals surface area contributed by atoms with Crippen molar-refractivity contribution in [3.05, 3.63) is 54.6 Å². The smallest absolute Gasteiger partial charge is 0.272 e. The lowest BCUT2D eigenvalue weighted by molar-refractivity contribution is 0.0512. The van der Waals surface area contributed by atoms with Crippen LogP contribution in [0.5, 0.6) is 5.75 Å². The van der Waals surface area contributed by atoms with Gasteiger partial charge in [-0.2, -0.15) is 0 Å². The van der Waals surface area contributed by atoms with E-state index in [-0.39, 0.29) is 16.8 Å². The Morgan fingerprint density at radius 3 is 2.91 bits per heavy atom. The highest BCUT2D eigenvalue weighted by Crippen LogP contribution is 2.46. The summed E-state index contributed by atoms with van der Waals surface area (Å²) in [7, 11) is 0. The lowest BCUT2D eigenvalue weighted by Crippen LogP contribution is -2.60. The number of nitrogens with zero attached hydrogens (tertiary/aromatic N) is 3. The molecule has 23 heavy (non-hydrogen) atoms. The number of aromatic nitrogens is 2. The van der Waals surface area contributed by atoms with Crippen LogP contribution in [-0.2, 0) is 0 Å². The van der Waals surface area contributed by atoms with E-state index in [4.69, 9.17) is 4.74 Å². The predicted molar refractivity (Wildman–Crippen MR) is 88.6 cm³/mol. The maximum absolute atomic E-state index is 12.4. The number of likely N-dealkylation sites (tertiary alicyclic amines) is 1. The van der Waals surface area contributed by atoms with Crippen molar-refractivity contribution >= 4 is 17.7 Å². The molecule has 0 bridgehead atoms. The molecule has 0 saturated carbocycles. The van der Waals surface area contributed by atoms with Crippen LogP contribution < -0.4 is 4.74 Å². The molecule has 2 saturated heterocycles. The van der Waals surface area contributed by atoms with Gasteiger partial charge in [0.05, 0.1) is 10.9 Å². The SMILES string of the molecule is O=C(c1ccccn1)N1CC2(C[C@@H](Oc3cccnc3)CS2)C1. The molecule has 2 aliphatic rings. The van der Waals surface area contributed by atoms with Gasteiger partial charge >= 0.3 is 0 Å². The van der Waals surface area contributed by atoms with E-state index in [1.165, 1.54) is 0 Å². The standard InChI is InChI=1S/C17H17N3O2S/c21-16(15-5-1-2-7-19-15)20-11-17(12-20)8-14(10-23-17)22-13-4-3-6-18-9-13/h1-7,9,14H,8,10-12H2/t14-/m1/s1. The number of thioether (sulfide) groups is 1. The number of carbonyl (C=O) groups excluding carboxylic acids is 1. The number of hydrogen-bond acceptors (Lipinski definition) is 5. The summed E-state index contributed by atoms with van der Waals surface area (Å²) >= 11 is 1.92. The van der Waals surface area contributed by atoms with Gasteiger partial charge in [0.15, 0.2) is 0 Å². The third-order valence-electron chi connectivity index (χ3n) is 4.24. The summed E-state index contributed by atoms with van der Waals surface area (Å²) in [6.07, 6.45) is 6.30. The molecule has 2 aliphatic heterocycles. The molecule has 1 spiro atoms. The van der Waals surface area contributed by atoms with Crippen LogP contribution in [0, 0.1) is 0 Å². The summed E-state index contributed by atoms with van der Waals surface area (Å²) in [5.74, 6) is 1.80. The van der Waals surface area contributed by atoms with Gasteiger partial charge in [-0.3, -0.25) is 14.8 Å². The second kappa shape index (κ2) is 5.85. The lowest BCUT2D eigenvalue weighted by atomic mass is 9.92. The zero-order chi connectivity index (χ0) is 15.7. The second-order valence-electron chi connectivity index (χ2n) is 6.00. The van der Waals surface area contributed by atoms with Gasteiger partial charge in [0, 0.05) is 37.7 Å². The van der Waals surface area contributed by atoms with Crippen molar-refractivity contribution in [1.82, 2.24) is 14.9 Å². The summed E-state index contributed by atoms with van der Waals surface area (Å²) in [6, 6.07) is 9.24. The van der Waals surface area contributed by atoms with Gasteiger partial charge in [-0.25, -0.2) is 0 Å². The molecule has 5 nitrogen and oxygen atoms in total. The summed E-state index contributed by atoms with van der Waals surface area (Å²) in [4.78, 5) is 22.4. The quantitative estimate of drug-likeness (QED) is 0.865. The Kier molecular flexibility index (Phi) is 3.69. The Morgan fingerprint density at radius 2 is 2.17 bits per heavy atom. The number of ether oxygens (including phenoxy) is 1. The third kappa shape index (κ3) is 2.91. The van der Waals surface area contributed by atoms with Crippen LogP contribution in [-0.4, -0.2) is 50.5 Å². The zero-order valence-electron chi connectivity index (χ0n) is 12.6. The minimum atomic E-state index is 0.0217. The number of carbonyl (C=O) groups is 1. The van der Waals surface area contributed by atoms with Crippen LogP contribution in [0.3, 0.4) is 0 Å². The fourth-order valence-corrected chi connectivity index (χ4v) is 4.68. The molecular formula is C17H17N3O2S. The van der Waals surface area contributed by atoms with Gasteiger partial charge in [0.25, 0.3) is 5.91 Å². The summed E-state index contributed by atoms with van der Waals surface area (Å²) in [5.41, 5.74) is 0.522. The van der Waals surface area contributed by atoms with Crippen LogP contribution in [0.15, 0.2) is 48.9 Å². The van der Waals surface area contributed by atoms with Crippen molar-refractivity contribution in [2.24, 2.45) is 0 Å². The maximum atomic E-state index is 12.4.